The first-order valence-corrected chi connectivity index (χ1v) is 7.31. The van der Waals surface area contributed by atoms with Gasteiger partial charge < -0.3 is 15.4 Å². The van der Waals surface area contributed by atoms with Crippen LogP contribution in [0.3, 0.4) is 0 Å². The summed E-state index contributed by atoms with van der Waals surface area (Å²) in [6, 6.07) is 12.3. The van der Waals surface area contributed by atoms with E-state index in [9.17, 15) is 4.79 Å². The third-order valence-electron chi connectivity index (χ3n) is 2.96. The molecule has 0 saturated heterocycles. The van der Waals surface area contributed by atoms with Crippen LogP contribution in [0.15, 0.2) is 42.5 Å². The lowest BCUT2D eigenvalue weighted by atomic mass is 10.1. The topological polar surface area (TPSA) is 50.4 Å². The molecule has 0 spiro atoms. The van der Waals surface area contributed by atoms with Crippen LogP contribution in [-0.2, 0) is 0 Å². The van der Waals surface area contributed by atoms with Gasteiger partial charge in [0.05, 0.1) is 12.8 Å². The highest BCUT2D eigenvalue weighted by Crippen LogP contribution is 2.27. The van der Waals surface area contributed by atoms with Crippen molar-refractivity contribution in [3.05, 3.63) is 53.1 Å². The fourth-order valence-electron chi connectivity index (χ4n) is 1.85. The molecule has 4 nitrogen and oxygen atoms in total. The van der Waals surface area contributed by atoms with Crippen LogP contribution in [0.4, 0.5) is 11.4 Å². The molecule has 0 amide bonds. The predicted molar refractivity (Wildman–Crippen MR) is 94.3 cm³/mol. The summed E-state index contributed by atoms with van der Waals surface area (Å²) in [5, 5.41) is 7.05. The number of ether oxygens (including phenoxy) is 1. The van der Waals surface area contributed by atoms with Gasteiger partial charge in [-0.25, -0.2) is 0 Å². The minimum absolute atomic E-state index is 0.0240. The van der Waals surface area contributed by atoms with Crippen LogP contribution >= 0.6 is 23.8 Å². The Morgan fingerprint density at radius 2 is 1.82 bits per heavy atom. The first-order valence-electron chi connectivity index (χ1n) is 6.52. The van der Waals surface area contributed by atoms with Crippen LogP contribution in [0.25, 0.3) is 0 Å². The predicted octanol–water partition coefficient (Wildman–Crippen LogP) is 4.36. The Balaban J connectivity index is 2.07. The molecule has 0 atom stereocenters. The Morgan fingerprint density at radius 1 is 1.14 bits per heavy atom. The molecule has 0 aliphatic heterocycles. The molecule has 0 unspecified atom stereocenters. The fourth-order valence-corrected chi connectivity index (χ4v) is 2.25. The second-order valence-corrected chi connectivity index (χ2v) is 5.40. The van der Waals surface area contributed by atoms with Gasteiger partial charge in [-0.15, -0.1) is 0 Å². The van der Waals surface area contributed by atoms with E-state index in [-0.39, 0.29) is 5.78 Å². The van der Waals surface area contributed by atoms with E-state index >= 15 is 0 Å². The van der Waals surface area contributed by atoms with Gasteiger partial charge in [-0.3, -0.25) is 4.79 Å². The standard InChI is InChI=1S/C16H15ClN2O2S/c1-10(20)11-3-6-13(7-4-11)18-16(22)19-14-9-12(17)5-8-15(14)21-2/h3-9H,1-2H3,(H2,18,19,22). The van der Waals surface area contributed by atoms with E-state index < -0.39 is 0 Å². The Bertz CT molecular complexity index is 702. The van der Waals surface area contributed by atoms with Crippen molar-refractivity contribution >= 4 is 46.1 Å². The number of carbonyl (C=O) groups is 1. The van der Waals surface area contributed by atoms with Crippen molar-refractivity contribution in [1.29, 1.82) is 0 Å². The fraction of sp³-hybridized carbons (Fsp3) is 0.125. The summed E-state index contributed by atoms with van der Waals surface area (Å²) >= 11 is 11.2. The minimum atomic E-state index is 0.0240. The molecular formula is C16H15ClN2O2S. The summed E-state index contributed by atoms with van der Waals surface area (Å²) in [5.41, 5.74) is 2.11. The third-order valence-corrected chi connectivity index (χ3v) is 3.40. The zero-order valence-corrected chi connectivity index (χ0v) is 13.7. The molecule has 6 heteroatoms. The average molecular weight is 335 g/mol. The number of hydrogen-bond donors (Lipinski definition) is 2. The molecule has 114 valence electrons. The van der Waals surface area contributed by atoms with Crippen LogP contribution in [-0.4, -0.2) is 18.0 Å². The summed E-state index contributed by atoms with van der Waals surface area (Å²) in [6.45, 7) is 1.53. The highest BCUT2D eigenvalue weighted by atomic mass is 35.5. The van der Waals surface area contributed by atoms with E-state index in [1.165, 1.54) is 6.92 Å². The number of halogens is 1. The van der Waals surface area contributed by atoms with Gasteiger partial charge in [0.15, 0.2) is 10.9 Å². The first-order chi connectivity index (χ1) is 10.5. The van der Waals surface area contributed by atoms with Crippen molar-refractivity contribution in [3.8, 4) is 5.75 Å². The number of anilines is 2. The van der Waals surface area contributed by atoms with Crippen molar-refractivity contribution in [2.45, 2.75) is 6.92 Å². The largest absolute Gasteiger partial charge is 0.495 e. The summed E-state index contributed by atoms with van der Waals surface area (Å²) in [5.74, 6) is 0.663. The number of nitrogens with one attached hydrogen (secondary N) is 2. The summed E-state index contributed by atoms with van der Waals surface area (Å²) < 4.78 is 5.25. The molecule has 2 N–H and O–H groups in total. The van der Waals surface area contributed by atoms with Gasteiger partial charge in [0.1, 0.15) is 5.75 Å². The van der Waals surface area contributed by atoms with Gasteiger partial charge in [-0.05, 0) is 61.6 Å². The van der Waals surface area contributed by atoms with E-state index in [4.69, 9.17) is 28.6 Å². The second-order valence-electron chi connectivity index (χ2n) is 4.56. The molecule has 0 aromatic heterocycles. The Kier molecular flexibility index (Phi) is 5.35. The van der Waals surface area contributed by atoms with E-state index in [1.807, 2.05) is 0 Å². The van der Waals surface area contributed by atoms with E-state index in [2.05, 4.69) is 10.6 Å². The van der Waals surface area contributed by atoms with Gasteiger partial charge in [0, 0.05) is 16.3 Å². The number of thiocarbonyl (C=S) groups is 1. The molecule has 0 saturated carbocycles. The molecule has 0 bridgehead atoms. The molecule has 2 aromatic rings. The van der Waals surface area contributed by atoms with Crippen LogP contribution in [0.5, 0.6) is 5.75 Å². The lowest BCUT2D eigenvalue weighted by molar-refractivity contribution is 0.101. The third kappa shape index (κ3) is 4.19. The number of carbonyl (C=O) groups excluding carboxylic acids is 1. The molecule has 22 heavy (non-hydrogen) atoms. The highest BCUT2D eigenvalue weighted by molar-refractivity contribution is 7.80. The van der Waals surface area contributed by atoms with Crippen LogP contribution in [0, 0.1) is 0 Å². The Labute approximate surface area is 139 Å². The van der Waals surface area contributed by atoms with Gasteiger partial charge in [-0.1, -0.05) is 11.6 Å². The van der Waals surface area contributed by atoms with Crippen LogP contribution in [0.1, 0.15) is 17.3 Å². The number of methoxy groups -OCH3 is 1. The maximum atomic E-state index is 11.2. The van der Waals surface area contributed by atoms with Gasteiger partial charge in [0.25, 0.3) is 0 Å². The highest BCUT2D eigenvalue weighted by Gasteiger charge is 2.06. The molecule has 2 rings (SSSR count). The number of hydrogen-bond acceptors (Lipinski definition) is 3. The SMILES string of the molecule is COc1ccc(Cl)cc1NC(=S)Nc1ccc(C(C)=O)cc1. The quantitative estimate of drug-likeness (QED) is 0.642. The number of rotatable bonds is 4. The summed E-state index contributed by atoms with van der Waals surface area (Å²) in [4.78, 5) is 11.2. The lowest BCUT2D eigenvalue weighted by Crippen LogP contribution is -2.19. The Morgan fingerprint density at radius 3 is 2.41 bits per heavy atom. The second kappa shape index (κ2) is 7.24. The maximum absolute atomic E-state index is 11.2. The van der Waals surface area contributed by atoms with E-state index in [0.29, 0.717) is 27.1 Å². The Hall–Kier alpha value is -2.11. The number of ketones is 1. The normalized spacial score (nSPS) is 9.95. The van der Waals surface area contributed by atoms with Crippen molar-refractivity contribution in [2.75, 3.05) is 17.7 Å². The van der Waals surface area contributed by atoms with E-state index in [1.54, 1.807) is 49.6 Å². The van der Waals surface area contributed by atoms with E-state index in [0.717, 1.165) is 5.69 Å². The smallest absolute Gasteiger partial charge is 0.175 e. The van der Waals surface area contributed by atoms with Crippen LogP contribution in [0.2, 0.25) is 5.02 Å². The molecule has 0 fully saturated rings. The molecule has 0 aliphatic rings. The summed E-state index contributed by atoms with van der Waals surface area (Å²) in [6.07, 6.45) is 0. The van der Waals surface area contributed by atoms with Crippen LogP contribution < -0.4 is 15.4 Å². The molecule has 2 aromatic carbocycles. The minimum Gasteiger partial charge on any atom is -0.495 e. The van der Waals surface area contributed by atoms with Crippen molar-refractivity contribution in [3.63, 3.8) is 0 Å². The van der Waals surface area contributed by atoms with Crippen molar-refractivity contribution < 1.29 is 9.53 Å². The molecule has 0 heterocycles. The zero-order chi connectivity index (χ0) is 16.1. The molecule has 0 radical (unpaired) electrons. The average Bonchev–Trinajstić information content (AvgIpc) is 2.48. The lowest BCUT2D eigenvalue weighted by Gasteiger charge is -2.14. The summed E-state index contributed by atoms with van der Waals surface area (Å²) in [7, 11) is 1.57. The number of benzene rings is 2. The monoisotopic (exact) mass is 334 g/mol. The van der Waals surface area contributed by atoms with Gasteiger partial charge >= 0.3 is 0 Å². The van der Waals surface area contributed by atoms with Crippen molar-refractivity contribution in [2.24, 2.45) is 0 Å². The zero-order valence-electron chi connectivity index (χ0n) is 12.1. The molecule has 0 aliphatic carbocycles. The maximum Gasteiger partial charge on any atom is 0.175 e. The molecular weight excluding hydrogens is 320 g/mol. The van der Waals surface area contributed by atoms with Crippen molar-refractivity contribution in [1.82, 2.24) is 0 Å². The number of Topliss-reactive ketones (excluding diaryl/α,β-unsaturated/α-hetero) is 1. The first kappa shape index (κ1) is 16.3. The van der Waals surface area contributed by atoms with Gasteiger partial charge in [0.2, 0.25) is 0 Å². The van der Waals surface area contributed by atoms with Gasteiger partial charge in [-0.2, -0.15) is 0 Å².